The molecule has 0 spiro atoms. The number of hydrogen-bond donors (Lipinski definition) is 0. The molecule has 0 amide bonds. The van der Waals surface area contributed by atoms with Gasteiger partial charge in [-0.15, -0.1) is 0 Å². The zero-order valence-electron chi connectivity index (χ0n) is 25.5. The molecule has 0 aromatic rings. The molecule has 0 aromatic carbocycles. The largest absolute Gasteiger partial charge is 0.127 e. The molecule has 6 atom stereocenters. The van der Waals surface area contributed by atoms with Crippen molar-refractivity contribution in [1.82, 2.24) is 0 Å². The molecule has 0 saturated heterocycles. The molecular weight excluding hydrogens is 443 g/mol. The highest BCUT2D eigenvalue weighted by molar-refractivity contribution is 6.39. The summed E-state index contributed by atoms with van der Waals surface area (Å²) in [6.07, 6.45) is 40.4. The summed E-state index contributed by atoms with van der Waals surface area (Å²) in [5.41, 5.74) is 1.95. The van der Waals surface area contributed by atoms with E-state index in [1.54, 1.807) is 44.9 Å². The van der Waals surface area contributed by atoms with E-state index in [1.165, 1.54) is 123 Å². The predicted molar refractivity (Wildman–Crippen MR) is 167 cm³/mol. The molecule has 212 valence electrons. The quantitative estimate of drug-likeness (QED) is 0.247. The molecule has 4 aliphatic carbocycles. The van der Waals surface area contributed by atoms with Gasteiger partial charge >= 0.3 is 0 Å². The first-order valence-corrected chi connectivity index (χ1v) is 18.0. The van der Waals surface area contributed by atoms with Crippen molar-refractivity contribution in [2.24, 2.45) is 29.6 Å². The zero-order chi connectivity index (χ0) is 25.7. The van der Waals surface area contributed by atoms with Gasteiger partial charge in [0.1, 0.15) is 7.28 Å². The third-order valence-corrected chi connectivity index (χ3v) is 11.8. The molecule has 3 fully saturated rings. The average molecular weight is 509 g/mol. The molecule has 2 bridgehead atoms. The van der Waals surface area contributed by atoms with Crippen LogP contribution in [-0.2, 0) is 0 Å². The van der Waals surface area contributed by atoms with Crippen molar-refractivity contribution in [1.29, 1.82) is 0 Å². The Balaban J connectivity index is 1.44. The van der Waals surface area contributed by atoms with Crippen LogP contribution in [-0.4, -0.2) is 7.28 Å². The molecule has 0 nitrogen and oxygen atoms in total. The SMILES string of the molecule is CCCC(BC1CCCCCCCCCC2CCCC(C3CCCC=C3CCC1)C1CCCC21)CCC. The first-order chi connectivity index (χ1) is 18.3. The maximum atomic E-state index is 2.77. The van der Waals surface area contributed by atoms with E-state index >= 15 is 0 Å². The predicted octanol–water partition coefficient (Wildman–Crippen LogP) is 11.9. The first kappa shape index (κ1) is 29.8. The molecule has 0 radical (unpaired) electrons. The van der Waals surface area contributed by atoms with Gasteiger partial charge < -0.3 is 0 Å². The van der Waals surface area contributed by atoms with E-state index in [0.717, 1.165) is 41.2 Å². The highest BCUT2D eigenvalue weighted by Gasteiger charge is 2.43. The molecule has 6 unspecified atom stereocenters. The Kier molecular flexibility index (Phi) is 13.5. The van der Waals surface area contributed by atoms with Crippen LogP contribution in [0.5, 0.6) is 0 Å². The summed E-state index contributed by atoms with van der Waals surface area (Å²) < 4.78 is 0. The van der Waals surface area contributed by atoms with Crippen molar-refractivity contribution in [3.8, 4) is 0 Å². The van der Waals surface area contributed by atoms with Gasteiger partial charge in [-0.1, -0.05) is 146 Å². The minimum absolute atomic E-state index is 0.964. The Hall–Kier alpha value is -0.195. The van der Waals surface area contributed by atoms with E-state index in [9.17, 15) is 0 Å². The lowest BCUT2D eigenvalue weighted by molar-refractivity contribution is 0.157. The Morgan fingerprint density at radius 3 is 2.03 bits per heavy atom. The smallest absolute Gasteiger partial charge is 0.0850 e. The number of fused-ring (bicyclic) bond motifs is 2. The molecule has 4 rings (SSSR count). The third kappa shape index (κ3) is 9.17. The molecule has 0 N–H and O–H groups in total. The van der Waals surface area contributed by atoms with Gasteiger partial charge in [0.25, 0.3) is 0 Å². The van der Waals surface area contributed by atoms with E-state index in [2.05, 4.69) is 19.9 Å². The highest BCUT2D eigenvalue weighted by atomic mass is 14.5. The van der Waals surface area contributed by atoms with Crippen molar-refractivity contribution in [2.75, 3.05) is 0 Å². The van der Waals surface area contributed by atoms with E-state index < -0.39 is 0 Å². The van der Waals surface area contributed by atoms with Crippen LogP contribution in [0.3, 0.4) is 0 Å². The maximum absolute atomic E-state index is 2.77. The third-order valence-electron chi connectivity index (χ3n) is 11.8. The summed E-state index contributed by atoms with van der Waals surface area (Å²) in [6, 6.07) is 0. The zero-order valence-corrected chi connectivity index (χ0v) is 25.5. The summed E-state index contributed by atoms with van der Waals surface area (Å²) in [4.78, 5) is 0. The summed E-state index contributed by atoms with van der Waals surface area (Å²) in [6.45, 7) is 4.82. The maximum Gasteiger partial charge on any atom is 0.127 e. The van der Waals surface area contributed by atoms with Crippen LogP contribution < -0.4 is 0 Å². The van der Waals surface area contributed by atoms with Crippen molar-refractivity contribution < 1.29 is 0 Å². The second-order valence-corrected chi connectivity index (χ2v) is 14.4. The van der Waals surface area contributed by atoms with Gasteiger partial charge in [0, 0.05) is 0 Å². The monoisotopic (exact) mass is 509 g/mol. The normalized spacial score (nSPS) is 34.9. The van der Waals surface area contributed by atoms with Crippen LogP contribution in [0.4, 0.5) is 0 Å². The van der Waals surface area contributed by atoms with Gasteiger partial charge in [-0.25, -0.2) is 0 Å². The van der Waals surface area contributed by atoms with Crippen molar-refractivity contribution in [3.63, 3.8) is 0 Å². The molecule has 3 saturated carbocycles. The lowest BCUT2D eigenvalue weighted by Crippen LogP contribution is -2.29. The van der Waals surface area contributed by atoms with Crippen LogP contribution in [0.15, 0.2) is 11.6 Å². The summed E-state index contributed by atoms with van der Waals surface area (Å²) in [5, 5.41) is 0. The minimum Gasteiger partial charge on any atom is -0.0850 e. The second kappa shape index (κ2) is 16.8. The van der Waals surface area contributed by atoms with Crippen molar-refractivity contribution in [2.45, 2.75) is 186 Å². The first-order valence-electron chi connectivity index (χ1n) is 18.0. The van der Waals surface area contributed by atoms with Crippen LogP contribution in [0, 0.1) is 29.6 Å². The highest BCUT2D eigenvalue weighted by Crippen LogP contribution is 2.53. The fraction of sp³-hybridized carbons (Fsp3) is 0.944. The molecule has 1 heteroatoms. The Bertz CT molecular complexity index is 631. The van der Waals surface area contributed by atoms with Gasteiger partial charge in [0.2, 0.25) is 0 Å². The molecular formula is C36H65B. The van der Waals surface area contributed by atoms with Gasteiger partial charge in [0.05, 0.1) is 0 Å². The summed E-state index contributed by atoms with van der Waals surface area (Å²) >= 11 is 0. The van der Waals surface area contributed by atoms with Gasteiger partial charge in [-0.2, -0.15) is 0 Å². The molecule has 0 aliphatic heterocycles. The fourth-order valence-electron chi connectivity index (χ4n) is 10.1. The number of hydrogen-bond acceptors (Lipinski definition) is 0. The Morgan fingerprint density at radius 1 is 0.622 bits per heavy atom. The molecule has 4 aliphatic rings. The minimum atomic E-state index is 0.964. The van der Waals surface area contributed by atoms with Crippen LogP contribution >= 0.6 is 0 Å². The van der Waals surface area contributed by atoms with Crippen LogP contribution in [0.2, 0.25) is 11.6 Å². The number of allylic oxidation sites excluding steroid dienone is 2. The van der Waals surface area contributed by atoms with Crippen molar-refractivity contribution >= 4 is 7.28 Å². The standard InChI is InChI=1S/C36H65B/c1-3-17-31(18-4-2)37-32-23-11-9-7-5-6-8-10-19-29-22-15-27-35(36-28-16-26-34(29)36)33-25-13-12-20-30(33)21-14-24-32/h20,29,31-37H,3-19,21-28H2,1-2H3. The summed E-state index contributed by atoms with van der Waals surface area (Å²) in [5.74, 6) is 7.27. The lowest BCUT2D eigenvalue weighted by atomic mass is 9.50. The van der Waals surface area contributed by atoms with Crippen molar-refractivity contribution in [3.05, 3.63) is 11.6 Å². The van der Waals surface area contributed by atoms with Crippen LogP contribution in [0.25, 0.3) is 0 Å². The topological polar surface area (TPSA) is 0 Å². The van der Waals surface area contributed by atoms with Crippen LogP contribution in [0.1, 0.15) is 174 Å². The lowest BCUT2D eigenvalue weighted by Gasteiger charge is -2.38. The Morgan fingerprint density at radius 2 is 1.24 bits per heavy atom. The molecule has 37 heavy (non-hydrogen) atoms. The molecule has 0 aromatic heterocycles. The van der Waals surface area contributed by atoms with Gasteiger partial charge in [0.15, 0.2) is 0 Å². The van der Waals surface area contributed by atoms with Gasteiger partial charge in [-0.3, -0.25) is 0 Å². The number of rotatable bonds is 6. The molecule has 0 heterocycles. The van der Waals surface area contributed by atoms with E-state index in [0.29, 0.717) is 0 Å². The summed E-state index contributed by atoms with van der Waals surface area (Å²) in [7, 11) is 1.54. The van der Waals surface area contributed by atoms with E-state index in [-0.39, 0.29) is 0 Å². The fourth-order valence-corrected chi connectivity index (χ4v) is 10.1. The van der Waals surface area contributed by atoms with Gasteiger partial charge in [-0.05, 0) is 81.0 Å². The average Bonchev–Trinajstić information content (AvgIpc) is 3.32. The van der Waals surface area contributed by atoms with E-state index in [1.807, 2.05) is 5.57 Å². The van der Waals surface area contributed by atoms with E-state index in [4.69, 9.17) is 0 Å². The Labute approximate surface area is 234 Å². The second-order valence-electron chi connectivity index (χ2n) is 14.4.